The van der Waals surface area contributed by atoms with Crippen LogP contribution in [0.5, 0.6) is 0 Å². The van der Waals surface area contributed by atoms with E-state index < -0.39 is 5.72 Å². The number of nitrogens with two attached hydrogens (primary N) is 1. The van der Waals surface area contributed by atoms with Crippen LogP contribution in [-0.4, -0.2) is 11.7 Å². The van der Waals surface area contributed by atoms with Gasteiger partial charge in [-0.15, -0.1) is 0 Å². The van der Waals surface area contributed by atoms with Crippen molar-refractivity contribution in [3.8, 4) is 0 Å². The van der Waals surface area contributed by atoms with E-state index in [1.165, 1.54) is 13.3 Å². The van der Waals surface area contributed by atoms with Gasteiger partial charge in [0.2, 0.25) is 0 Å². The monoisotopic (exact) mass is 171 g/mol. The highest BCUT2D eigenvalue weighted by molar-refractivity contribution is 5.66. The molecule has 0 saturated heterocycles. The van der Waals surface area contributed by atoms with Crippen molar-refractivity contribution in [1.82, 2.24) is 0 Å². The summed E-state index contributed by atoms with van der Waals surface area (Å²) in [6.07, 6.45) is 4.12. The van der Waals surface area contributed by atoms with Gasteiger partial charge in [0.15, 0.2) is 5.72 Å². The zero-order chi connectivity index (χ0) is 9.19. The molecule has 0 radical (unpaired) electrons. The van der Waals surface area contributed by atoms with E-state index in [0.29, 0.717) is 0 Å². The summed E-state index contributed by atoms with van der Waals surface area (Å²) in [5.74, 6) is 0.0152. The predicted molar refractivity (Wildman–Crippen MR) is 46.3 cm³/mol. The van der Waals surface area contributed by atoms with Crippen LogP contribution in [0.2, 0.25) is 0 Å². The molecule has 1 aliphatic rings. The fraction of sp³-hybridized carbons (Fsp3) is 0.889. The number of carbonyl (C=O) groups is 1. The lowest BCUT2D eigenvalue weighted by Crippen LogP contribution is -2.51. The Morgan fingerprint density at radius 2 is 2.25 bits per heavy atom. The van der Waals surface area contributed by atoms with Crippen molar-refractivity contribution in [3.63, 3.8) is 0 Å². The van der Waals surface area contributed by atoms with Gasteiger partial charge >= 0.3 is 5.97 Å². The summed E-state index contributed by atoms with van der Waals surface area (Å²) in [5, 5.41) is 0. The summed E-state index contributed by atoms with van der Waals surface area (Å²) in [7, 11) is 0. The van der Waals surface area contributed by atoms with Crippen LogP contribution >= 0.6 is 0 Å². The third kappa shape index (κ3) is 1.97. The van der Waals surface area contributed by atoms with Crippen LogP contribution in [0.15, 0.2) is 0 Å². The first-order valence-electron chi connectivity index (χ1n) is 4.53. The predicted octanol–water partition coefficient (Wildman–Crippen LogP) is 1.41. The van der Waals surface area contributed by atoms with Crippen LogP contribution in [0, 0.1) is 5.92 Å². The van der Waals surface area contributed by atoms with Crippen LogP contribution in [0.3, 0.4) is 0 Å². The van der Waals surface area contributed by atoms with Gasteiger partial charge in [-0.05, 0) is 12.8 Å². The molecule has 0 bridgehead atoms. The van der Waals surface area contributed by atoms with Gasteiger partial charge in [-0.3, -0.25) is 10.5 Å². The van der Waals surface area contributed by atoms with Gasteiger partial charge in [0, 0.05) is 19.3 Å². The van der Waals surface area contributed by atoms with E-state index in [9.17, 15) is 4.79 Å². The molecule has 3 nitrogen and oxygen atoms in total. The van der Waals surface area contributed by atoms with E-state index in [-0.39, 0.29) is 11.9 Å². The Morgan fingerprint density at radius 1 is 1.58 bits per heavy atom. The molecule has 0 aromatic heterocycles. The van der Waals surface area contributed by atoms with Gasteiger partial charge in [0.25, 0.3) is 0 Å². The van der Waals surface area contributed by atoms with Crippen LogP contribution < -0.4 is 5.73 Å². The van der Waals surface area contributed by atoms with Crippen molar-refractivity contribution in [2.24, 2.45) is 11.7 Å². The molecule has 0 aromatic carbocycles. The zero-order valence-electron chi connectivity index (χ0n) is 7.80. The number of carbonyl (C=O) groups excluding carboxylic acids is 1. The summed E-state index contributed by atoms with van der Waals surface area (Å²) in [6, 6.07) is 0. The molecule has 0 amide bonds. The molecule has 2 unspecified atom stereocenters. The summed E-state index contributed by atoms with van der Waals surface area (Å²) in [5.41, 5.74) is 5.27. The molecule has 0 spiro atoms. The fourth-order valence-corrected chi connectivity index (χ4v) is 1.76. The number of hydrogen-bond acceptors (Lipinski definition) is 3. The van der Waals surface area contributed by atoms with E-state index in [2.05, 4.69) is 0 Å². The topological polar surface area (TPSA) is 52.3 Å². The van der Waals surface area contributed by atoms with Crippen LogP contribution in [-0.2, 0) is 9.53 Å². The minimum Gasteiger partial charge on any atom is -0.444 e. The molecule has 70 valence electrons. The number of esters is 1. The van der Waals surface area contributed by atoms with E-state index in [0.717, 1.165) is 19.3 Å². The molecule has 0 aliphatic heterocycles. The first-order chi connectivity index (χ1) is 5.54. The highest BCUT2D eigenvalue weighted by Gasteiger charge is 2.37. The summed E-state index contributed by atoms with van der Waals surface area (Å²) < 4.78 is 5.13. The van der Waals surface area contributed by atoms with Crippen molar-refractivity contribution in [1.29, 1.82) is 0 Å². The fourth-order valence-electron chi connectivity index (χ4n) is 1.76. The Bertz CT molecular complexity index is 181. The average molecular weight is 171 g/mol. The SMILES string of the molecule is CC(=O)OC1(N)CCCCC1C. The maximum Gasteiger partial charge on any atom is 0.304 e. The van der Waals surface area contributed by atoms with Crippen LogP contribution in [0.1, 0.15) is 39.5 Å². The molecule has 0 aromatic rings. The molecule has 12 heavy (non-hydrogen) atoms. The van der Waals surface area contributed by atoms with Gasteiger partial charge in [-0.2, -0.15) is 0 Å². The molecular weight excluding hydrogens is 154 g/mol. The van der Waals surface area contributed by atoms with Gasteiger partial charge in [0.1, 0.15) is 0 Å². The average Bonchev–Trinajstić information content (AvgIpc) is 1.94. The van der Waals surface area contributed by atoms with E-state index in [1.807, 2.05) is 6.92 Å². The second kappa shape index (κ2) is 3.44. The molecule has 2 atom stereocenters. The molecule has 1 aliphatic carbocycles. The van der Waals surface area contributed by atoms with Gasteiger partial charge < -0.3 is 4.74 Å². The van der Waals surface area contributed by atoms with Crippen molar-refractivity contribution in [3.05, 3.63) is 0 Å². The second-order valence-corrected chi connectivity index (χ2v) is 3.70. The minimum absolute atomic E-state index is 0.272. The maximum absolute atomic E-state index is 10.8. The third-order valence-electron chi connectivity index (χ3n) is 2.62. The van der Waals surface area contributed by atoms with Crippen molar-refractivity contribution in [2.75, 3.05) is 0 Å². The smallest absolute Gasteiger partial charge is 0.304 e. The Labute approximate surface area is 73.3 Å². The second-order valence-electron chi connectivity index (χ2n) is 3.70. The van der Waals surface area contributed by atoms with Crippen LogP contribution in [0.25, 0.3) is 0 Å². The Morgan fingerprint density at radius 3 is 2.75 bits per heavy atom. The first-order valence-corrected chi connectivity index (χ1v) is 4.53. The number of ether oxygens (including phenoxy) is 1. The molecule has 0 heterocycles. The van der Waals surface area contributed by atoms with Crippen molar-refractivity contribution < 1.29 is 9.53 Å². The maximum atomic E-state index is 10.8. The summed E-state index contributed by atoms with van der Waals surface area (Å²) >= 11 is 0. The lowest BCUT2D eigenvalue weighted by Gasteiger charge is -2.38. The third-order valence-corrected chi connectivity index (χ3v) is 2.62. The first kappa shape index (κ1) is 9.52. The Kier molecular flexibility index (Phi) is 2.73. The number of rotatable bonds is 1. The van der Waals surface area contributed by atoms with E-state index >= 15 is 0 Å². The molecule has 1 rings (SSSR count). The quantitative estimate of drug-likeness (QED) is 0.479. The molecular formula is C9H17NO2. The van der Waals surface area contributed by atoms with E-state index in [1.54, 1.807) is 0 Å². The Balaban J connectivity index is 2.59. The standard InChI is InChI=1S/C9H17NO2/c1-7-5-3-4-6-9(7,10)12-8(2)11/h7H,3-6,10H2,1-2H3. The van der Waals surface area contributed by atoms with Gasteiger partial charge in [-0.1, -0.05) is 13.3 Å². The van der Waals surface area contributed by atoms with Gasteiger partial charge in [0.05, 0.1) is 0 Å². The number of hydrogen-bond donors (Lipinski definition) is 1. The van der Waals surface area contributed by atoms with Gasteiger partial charge in [-0.25, -0.2) is 0 Å². The normalized spacial score (nSPS) is 36.1. The highest BCUT2D eigenvalue weighted by atomic mass is 16.6. The van der Waals surface area contributed by atoms with Crippen LogP contribution in [0.4, 0.5) is 0 Å². The van der Waals surface area contributed by atoms with Crippen molar-refractivity contribution >= 4 is 5.97 Å². The largest absolute Gasteiger partial charge is 0.444 e. The summed E-state index contributed by atoms with van der Waals surface area (Å²) in [6.45, 7) is 3.46. The Hall–Kier alpha value is -0.570. The van der Waals surface area contributed by atoms with Crippen molar-refractivity contribution in [2.45, 2.75) is 45.3 Å². The minimum atomic E-state index is -0.690. The molecule has 3 heteroatoms. The lowest BCUT2D eigenvalue weighted by atomic mass is 9.83. The highest BCUT2D eigenvalue weighted by Crippen LogP contribution is 2.32. The molecule has 1 fully saturated rings. The lowest BCUT2D eigenvalue weighted by molar-refractivity contribution is -0.166. The molecule has 1 saturated carbocycles. The summed E-state index contributed by atoms with van der Waals surface area (Å²) in [4.78, 5) is 10.8. The van der Waals surface area contributed by atoms with E-state index in [4.69, 9.17) is 10.5 Å². The molecule has 2 N–H and O–H groups in total. The zero-order valence-corrected chi connectivity index (χ0v) is 7.80.